The van der Waals surface area contributed by atoms with Gasteiger partial charge in [-0.25, -0.2) is 17.8 Å². The molecule has 0 atom stereocenters. The minimum absolute atomic E-state index is 0.112. The van der Waals surface area contributed by atoms with Crippen LogP contribution >= 0.6 is 0 Å². The van der Waals surface area contributed by atoms with Crippen molar-refractivity contribution in [2.75, 3.05) is 26.2 Å². The third-order valence-electron chi connectivity index (χ3n) is 4.90. The van der Waals surface area contributed by atoms with E-state index >= 15 is 0 Å². The number of oxazole rings is 1. The SMILES string of the molecule is O=S(=O)(c1ccccc1F)N1CCN(Cc2nc3cc(C(F)(F)F)ccc3o2)CC1. The van der Waals surface area contributed by atoms with Crippen molar-refractivity contribution in [1.82, 2.24) is 14.2 Å². The standard InChI is InChI=1S/C19H17F4N3O3S/c20-14-3-1-2-4-17(14)30(27,28)26-9-7-25(8-10-26)12-18-24-15-11-13(19(21,22)23)5-6-16(15)29-18/h1-6,11H,7-10,12H2. The lowest BCUT2D eigenvalue weighted by molar-refractivity contribution is -0.137. The van der Waals surface area contributed by atoms with Gasteiger partial charge in [-0.05, 0) is 30.3 Å². The minimum atomic E-state index is -4.46. The zero-order valence-electron chi connectivity index (χ0n) is 15.6. The van der Waals surface area contributed by atoms with E-state index in [2.05, 4.69) is 4.98 Å². The third kappa shape index (κ3) is 4.05. The Morgan fingerprint density at radius 3 is 2.40 bits per heavy atom. The van der Waals surface area contributed by atoms with Crippen LogP contribution in [0.4, 0.5) is 17.6 Å². The molecule has 0 bridgehead atoms. The molecule has 3 aromatic rings. The predicted octanol–water partition coefficient (Wildman–Crippen LogP) is 3.49. The summed E-state index contributed by atoms with van der Waals surface area (Å²) < 4.78 is 84.4. The van der Waals surface area contributed by atoms with Gasteiger partial charge in [-0.1, -0.05) is 12.1 Å². The first-order chi connectivity index (χ1) is 14.1. The lowest BCUT2D eigenvalue weighted by Gasteiger charge is -2.33. The fraction of sp³-hybridized carbons (Fsp3) is 0.316. The fourth-order valence-electron chi connectivity index (χ4n) is 3.33. The molecule has 6 nitrogen and oxygen atoms in total. The molecule has 0 unspecified atom stereocenters. The van der Waals surface area contributed by atoms with Gasteiger partial charge in [-0.15, -0.1) is 0 Å². The number of hydrogen-bond donors (Lipinski definition) is 0. The van der Waals surface area contributed by atoms with E-state index in [9.17, 15) is 26.0 Å². The topological polar surface area (TPSA) is 66.7 Å². The highest BCUT2D eigenvalue weighted by atomic mass is 32.2. The maximum Gasteiger partial charge on any atom is 0.416 e. The third-order valence-corrected chi connectivity index (χ3v) is 6.84. The smallest absolute Gasteiger partial charge is 0.416 e. The van der Waals surface area contributed by atoms with E-state index in [0.29, 0.717) is 13.1 Å². The van der Waals surface area contributed by atoms with Crippen LogP contribution in [-0.4, -0.2) is 48.8 Å². The highest BCUT2D eigenvalue weighted by molar-refractivity contribution is 7.89. The zero-order valence-corrected chi connectivity index (χ0v) is 16.4. The highest BCUT2D eigenvalue weighted by Gasteiger charge is 2.32. The van der Waals surface area contributed by atoms with Gasteiger partial charge in [0.15, 0.2) is 5.58 Å². The van der Waals surface area contributed by atoms with Gasteiger partial charge in [-0.3, -0.25) is 4.90 Å². The molecule has 0 N–H and O–H groups in total. The summed E-state index contributed by atoms with van der Waals surface area (Å²) in [5.74, 6) is -0.556. The van der Waals surface area contributed by atoms with Gasteiger partial charge in [-0.2, -0.15) is 17.5 Å². The second-order valence-electron chi connectivity index (χ2n) is 6.90. The molecule has 1 aromatic heterocycles. The van der Waals surface area contributed by atoms with Crippen molar-refractivity contribution in [3.8, 4) is 0 Å². The number of sulfonamides is 1. The molecule has 0 aliphatic carbocycles. The molecule has 1 aliphatic heterocycles. The number of benzene rings is 2. The van der Waals surface area contributed by atoms with Gasteiger partial charge < -0.3 is 4.42 Å². The Morgan fingerprint density at radius 2 is 1.73 bits per heavy atom. The van der Waals surface area contributed by atoms with Crippen LogP contribution in [0.25, 0.3) is 11.1 Å². The van der Waals surface area contributed by atoms with Crippen LogP contribution in [0.2, 0.25) is 0 Å². The van der Waals surface area contributed by atoms with Crippen molar-refractivity contribution in [2.45, 2.75) is 17.6 Å². The van der Waals surface area contributed by atoms with Gasteiger partial charge >= 0.3 is 6.18 Å². The first-order valence-electron chi connectivity index (χ1n) is 9.08. The van der Waals surface area contributed by atoms with Crippen molar-refractivity contribution in [3.05, 3.63) is 59.7 Å². The van der Waals surface area contributed by atoms with E-state index in [0.717, 1.165) is 18.2 Å². The van der Waals surface area contributed by atoms with Gasteiger partial charge in [0.1, 0.15) is 16.2 Å². The number of alkyl halides is 3. The largest absolute Gasteiger partial charge is 0.439 e. The number of rotatable bonds is 4. The van der Waals surface area contributed by atoms with Gasteiger partial charge in [0.2, 0.25) is 15.9 Å². The summed E-state index contributed by atoms with van der Waals surface area (Å²) in [4.78, 5) is 5.63. The molecule has 160 valence electrons. The second kappa shape index (κ2) is 7.64. The molecule has 2 heterocycles. The normalized spacial score (nSPS) is 16.9. The van der Waals surface area contributed by atoms with E-state index in [4.69, 9.17) is 4.42 Å². The zero-order chi connectivity index (χ0) is 21.5. The monoisotopic (exact) mass is 443 g/mol. The number of halogens is 4. The number of piperazine rings is 1. The molecule has 2 aromatic carbocycles. The van der Waals surface area contributed by atoms with Crippen LogP contribution in [0.5, 0.6) is 0 Å². The number of nitrogens with zero attached hydrogens (tertiary/aromatic N) is 3. The molecule has 1 saturated heterocycles. The maximum atomic E-state index is 13.9. The van der Waals surface area contributed by atoms with Crippen LogP contribution in [0.1, 0.15) is 11.5 Å². The Kier molecular flexibility index (Phi) is 5.28. The van der Waals surface area contributed by atoms with Crippen LogP contribution in [0.3, 0.4) is 0 Å². The summed E-state index contributed by atoms with van der Waals surface area (Å²) in [6, 6.07) is 8.30. The van der Waals surface area contributed by atoms with E-state index < -0.39 is 27.6 Å². The molecule has 1 aliphatic rings. The molecule has 30 heavy (non-hydrogen) atoms. The lowest BCUT2D eigenvalue weighted by Crippen LogP contribution is -2.48. The molecule has 0 radical (unpaired) electrons. The summed E-state index contributed by atoms with van der Waals surface area (Å²) in [6.07, 6.45) is -4.46. The van der Waals surface area contributed by atoms with Crippen LogP contribution in [-0.2, 0) is 22.7 Å². The molecular formula is C19H17F4N3O3S. The average molecular weight is 443 g/mol. The van der Waals surface area contributed by atoms with Crippen molar-refractivity contribution < 1.29 is 30.4 Å². The number of hydrogen-bond acceptors (Lipinski definition) is 5. The summed E-state index contributed by atoms with van der Waals surface area (Å²) >= 11 is 0. The number of fused-ring (bicyclic) bond motifs is 1. The summed E-state index contributed by atoms with van der Waals surface area (Å²) in [5.41, 5.74) is -0.443. The summed E-state index contributed by atoms with van der Waals surface area (Å²) in [5, 5.41) is 0. The van der Waals surface area contributed by atoms with Crippen LogP contribution < -0.4 is 0 Å². The van der Waals surface area contributed by atoms with Gasteiger partial charge in [0.05, 0.1) is 12.1 Å². The molecular weight excluding hydrogens is 426 g/mol. The molecule has 4 rings (SSSR count). The van der Waals surface area contributed by atoms with Crippen molar-refractivity contribution in [1.29, 1.82) is 0 Å². The van der Waals surface area contributed by atoms with Crippen molar-refractivity contribution >= 4 is 21.1 Å². The Balaban J connectivity index is 1.43. The summed E-state index contributed by atoms with van der Waals surface area (Å²) in [6.45, 7) is 1.22. The van der Waals surface area contributed by atoms with Crippen LogP contribution in [0, 0.1) is 5.82 Å². The molecule has 0 saturated carbocycles. The van der Waals surface area contributed by atoms with Crippen molar-refractivity contribution in [3.63, 3.8) is 0 Å². The number of aromatic nitrogens is 1. The first-order valence-corrected chi connectivity index (χ1v) is 10.5. The van der Waals surface area contributed by atoms with E-state index in [1.807, 2.05) is 4.90 Å². The van der Waals surface area contributed by atoms with Gasteiger partial charge in [0.25, 0.3) is 0 Å². The van der Waals surface area contributed by atoms with Gasteiger partial charge in [0, 0.05) is 26.2 Å². The lowest BCUT2D eigenvalue weighted by atomic mass is 10.2. The quantitative estimate of drug-likeness (QED) is 0.578. The maximum absolute atomic E-state index is 13.9. The Bertz CT molecular complexity index is 1170. The summed E-state index contributed by atoms with van der Waals surface area (Å²) in [7, 11) is -3.94. The Morgan fingerprint density at radius 1 is 1.03 bits per heavy atom. The molecule has 1 fully saturated rings. The minimum Gasteiger partial charge on any atom is -0.439 e. The average Bonchev–Trinajstić information content (AvgIpc) is 3.09. The van der Waals surface area contributed by atoms with E-state index in [1.54, 1.807) is 0 Å². The molecule has 11 heteroatoms. The molecule has 0 spiro atoms. The van der Waals surface area contributed by atoms with Crippen LogP contribution in [0.15, 0.2) is 51.8 Å². The Labute approximate surface area is 169 Å². The second-order valence-corrected chi connectivity index (χ2v) is 8.80. The van der Waals surface area contributed by atoms with Crippen molar-refractivity contribution in [2.24, 2.45) is 0 Å². The Hall–Kier alpha value is -2.50. The van der Waals surface area contributed by atoms with E-state index in [1.165, 1.54) is 28.6 Å². The first kappa shape index (κ1) is 20.8. The fourth-order valence-corrected chi connectivity index (χ4v) is 4.82. The highest BCUT2D eigenvalue weighted by Crippen LogP contribution is 2.31. The predicted molar refractivity (Wildman–Crippen MR) is 99.4 cm³/mol. The van der Waals surface area contributed by atoms with E-state index in [-0.39, 0.29) is 41.5 Å². The molecule has 0 amide bonds.